The highest BCUT2D eigenvalue weighted by Gasteiger charge is 2.22. The number of halogens is 2. The summed E-state index contributed by atoms with van der Waals surface area (Å²) < 4.78 is 10.9. The number of ether oxygens (including phenoxy) is 2. The van der Waals surface area contributed by atoms with Crippen molar-refractivity contribution >= 4 is 63.0 Å². The van der Waals surface area contributed by atoms with Crippen LogP contribution in [0.2, 0.25) is 10.0 Å². The van der Waals surface area contributed by atoms with Gasteiger partial charge in [0.2, 0.25) is 0 Å². The van der Waals surface area contributed by atoms with Gasteiger partial charge in [-0.3, -0.25) is 4.79 Å². The molecule has 0 radical (unpaired) electrons. The normalized spacial score (nSPS) is 11.2. The Morgan fingerprint density at radius 3 is 2.44 bits per heavy atom. The molecule has 1 heterocycles. The van der Waals surface area contributed by atoms with Gasteiger partial charge >= 0.3 is 5.97 Å². The molecule has 5 aromatic carbocycles. The number of hydrazone groups is 1. The van der Waals surface area contributed by atoms with Gasteiger partial charge in [-0.05, 0) is 41.8 Å². The molecule has 0 spiro atoms. The topological polar surface area (TPSA) is 92.8 Å². The van der Waals surface area contributed by atoms with Crippen LogP contribution in [0.15, 0.2) is 108 Å². The van der Waals surface area contributed by atoms with E-state index in [2.05, 4.69) is 15.5 Å². The number of esters is 1. The molecule has 0 aliphatic carbocycles. The van der Waals surface area contributed by atoms with E-state index in [0.29, 0.717) is 38.2 Å². The van der Waals surface area contributed by atoms with Crippen LogP contribution >= 0.6 is 23.2 Å². The largest absolute Gasteiger partial charge is 0.496 e. The number of fused-ring (bicyclic) bond motifs is 3. The monoisotopic (exact) mass is 607 g/mol. The Kier molecular flexibility index (Phi) is 7.83. The van der Waals surface area contributed by atoms with Crippen molar-refractivity contribution in [1.82, 2.24) is 10.4 Å². The molecule has 1 amide bonds. The summed E-state index contributed by atoms with van der Waals surface area (Å²) in [5, 5.41) is 7.93. The van der Waals surface area contributed by atoms with Gasteiger partial charge in [-0.15, -0.1) is 0 Å². The van der Waals surface area contributed by atoms with Crippen LogP contribution in [0.4, 0.5) is 0 Å². The van der Waals surface area contributed by atoms with E-state index in [4.69, 9.17) is 32.7 Å². The molecule has 0 aliphatic heterocycles. The number of H-pyrrole nitrogens is 1. The summed E-state index contributed by atoms with van der Waals surface area (Å²) in [7, 11) is 1.45. The second-order valence-corrected chi connectivity index (χ2v) is 10.4. The first-order chi connectivity index (χ1) is 20.9. The summed E-state index contributed by atoms with van der Waals surface area (Å²) in [6.45, 7) is 0. The number of rotatable bonds is 7. The van der Waals surface area contributed by atoms with E-state index in [-0.39, 0.29) is 11.3 Å². The van der Waals surface area contributed by atoms with Crippen LogP contribution in [0.5, 0.6) is 11.5 Å². The summed E-state index contributed by atoms with van der Waals surface area (Å²) in [6.07, 6.45) is 1.41. The lowest BCUT2D eigenvalue weighted by molar-refractivity contribution is 0.0730. The van der Waals surface area contributed by atoms with E-state index in [1.54, 1.807) is 42.5 Å². The van der Waals surface area contributed by atoms with Crippen LogP contribution in [-0.4, -0.2) is 30.2 Å². The van der Waals surface area contributed by atoms with Gasteiger partial charge in [0.05, 0.1) is 18.8 Å². The second-order valence-electron chi connectivity index (χ2n) is 9.54. The molecule has 0 aliphatic rings. The minimum Gasteiger partial charge on any atom is -0.496 e. The fourth-order valence-corrected chi connectivity index (χ4v) is 5.34. The number of carbonyl (C=O) groups is 2. The van der Waals surface area contributed by atoms with Crippen molar-refractivity contribution in [1.29, 1.82) is 0 Å². The average molecular weight is 608 g/mol. The highest BCUT2D eigenvalue weighted by atomic mass is 35.5. The SMILES string of the molecule is COc1ccc(Cl)cc1C(=O)Oc1ccccc1C=NNC(=O)c1[nH]c2c(ccc3ccccc32)c1-c1ccccc1Cl. The van der Waals surface area contributed by atoms with Crippen LogP contribution in [0.25, 0.3) is 32.8 Å². The number of hydrogen-bond donors (Lipinski definition) is 2. The lowest BCUT2D eigenvalue weighted by Crippen LogP contribution is -2.19. The second kappa shape index (κ2) is 12.0. The minimum absolute atomic E-state index is 0.175. The number of methoxy groups -OCH3 is 1. The van der Waals surface area contributed by atoms with Crippen LogP contribution in [0.3, 0.4) is 0 Å². The lowest BCUT2D eigenvalue weighted by atomic mass is 9.99. The van der Waals surface area contributed by atoms with Crippen molar-refractivity contribution in [2.24, 2.45) is 5.10 Å². The summed E-state index contributed by atoms with van der Waals surface area (Å²) in [6, 6.07) is 30.8. The first-order valence-corrected chi connectivity index (χ1v) is 14.0. The van der Waals surface area contributed by atoms with E-state index in [1.807, 2.05) is 54.6 Å². The van der Waals surface area contributed by atoms with Gasteiger partial charge in [0.1, 0.15) is 22.8 Å². The van der Waals surface area contributed by atoms with Gasteiger partial charge in [-0.25, -0.2) is 10.2 Å². The highest BCUT2D eigenvalue weighted by Crippen LogP contribution is 2.39. The molecule has 0 atom stereocenters. The molecule has 6 rings (SSSR count). The third-order valence-corrected chi connectivity index (χ3v) is 7.51. The molecule has 0 saturated heterocycles. The number of aromatic nitrogens is 1. The summed E-state index contributed by atoms with van der Waals surface area (Å²) >= 11 is 12.7. The standard InChI is InChI=1S/C34H23Cl2N3O4/c1-42-29-17-15-22(35)18-26(29)34(41)43-28-13-7-3-9-21(28)19-37-39-33(40)32-30(24-11-5-6-12-27(24)36)25-16-14-20-8-2-4-10-23(20)31(25)38-32/h2-19,38H,1H3,(H,39,40). The Bertz CT molecular complexity index is 2050. The Morgan fingerprint density at radius 2 is 1.60 bits per heavy atom. The number of nitrogens with zero attached hydrogens (tertiary/aromatic N) is 1. The van der Waals surface area contributed by atoms with Gasteiger partial charge in [-0.1, -0.05) is 89.9 Å². The van der Waals surface area contributed by atoms with E-state index in [1.165, 1.54) is 19.4 Å². The van der Waals surface area contributed by atoms with Gasteiger partial charge < -0.3 is 14.5 Å². The van der Waals surface area contributed by atoms with Crippen LogP contribution in [0, 0.1) is 0 Å². The Balaban J connectivity index is 1.31. The molecule has 0 saturated carbocycles. The van der Waals surface area contributed by atoms with E-state index >= 15 is 0 Å². The van der Waals surface area contributed by atoms with Crippen molar-refractivity contribution in [3.05, 3.63) is 130 Å². The Hall–Kier alpha value is -5.11. The first kappa shape index (κ1) is 28.0. The quantitative estimate of drug-likeness (QED) is 0.0826. The first-order valence-electron chi connectivity index (χ1n) is 13.2. The Morgan fingerprint density at radius 1 is 0.837 bits per heavy atom. The predicted octanol–water partition coefficient (Wildman–Crippen LogP) is 8.29. The molecule has 2 N–H and O–H groups in total. The maximum absolute atomic E-state index is 13.6. The summed E-state index contributed by atoms with van der Waals surface area (Å²) in [5.41, 5.74) is 5.75. The highest BCUT2D eigenvalue weighted by molar-refractivity contribution is 6.34. The molecule has 212 valence electrons. The van der Waals surface area contributed by atoms with Crippen LogP contribution in [0.1, 0.15) is 26.4 Å². The van der Waals surface area contributed by atoms with Crippen LogP contribution in [-0.2, 0) is 0 Å². The molecule has 7 nitrogen and oxygen atoms in total. The van der Waals surface area contributed by atoms with Crippen molar-refractivity contribution < 1.29 is 19.1 Å². The zero-order valence-corrected chi connectivity index (χ0v) is 24.2. The molecule has 0 bridgehead atoms. The number of hydrogen-bond acceptors (Lipinski definition) is 5. The predicted molar refractivity (Wildman–Crippen MR) is 171 cm³/mol. The molecule has 9 heteroatoms. The minimum atomic E-state index is -0.654. The Labute approximate surface area is 256 Å². The average Bonchev–Trinajstić information content (AvgIpc) is 3.42. The lowest BCUT2D eigenvalue weighted by Gasteiger charge is -2.10. The molecule has 0 fully saturated rings. The van der Waals surface area contributed by atoms with Crippen molar-refractivity contribution in [3.8, 4) is 22.6 Å². The molecule has 0 unspecified atom stereocenters. The number of benzene rings is 5. The van der Waals surface area contributed by atoms with E-state index in [0.717, 1.165) is 21.7 Å². The number of para-hydroxylation sites is 1. The van der Waals surface area contributed by atoms with E-state index < -0.39 is 11.9 Å². The molecular weight excluding hydrogens is 585 g/mol. The maximum Gasteiger partial charge on any atom is 0.347 e. The van der Waals surface area contributed by atoms with Crippen LogP contribution < -0.4 is 14.9 Å². The van der Waals surface area contributed by atoms with Gasteiger partial charge in [0, 0.05) is 37.5 Å². The zero-order chi connectivity index (χ0) is 29.9. The number of nitrogens with one attached hydrogen (secondary N) is 2. The smallest absolute Gasteiger partial charge is 0.347 e. The summed E-state index contributed by atoms with van der Waals surface area (Å²) in [4.78, 5) is 29.9. The maximum atomic E-state index is 13.6. The molecular formula is C34H23Cl2N3O4. The summed E-state index contributed by atoms with van der Waals surface area (Å²) in [5.74, 6) is -0.557. The fraction of sp³-hybridized carbons (Fsp3) is 0.0294. The van der Waals surface area contributed by atoms with Gasteiger partial charge in [0.15, 0.2) is 0 Å². The number of aromatic amines is 1. The molecule has 6 aromatic rings. The van der Waals surface area contributed by atoms with Crippen molar-refractivity contribution in [2.75, 3.05) is 7.11 Å². The zero-order valence-electron chi connectivity index (χ0n) is 22.7. The van der Waals surface area contributed by atoms with Gasteiger partial charge in [-0.2, -0.15) is 5.10 Å². The van der Waals surface area contributed by atoms with Crippen molar-refractivity contribution in [2.45, 2.75) is 0 Å². The van der Waals surface area contributed by atoms with Gasteiger partial charge in [0.25, 0.3) is 5.91 Å². The third-order valence-electron chi connectivity index (χ3n) is 6.94. The number of carbonyl (C=O) groups excluding carboxylic acids is 2. The fourth-order valence-electron chi connectivity index (χ4n) is 4.94. The van der Waals surface area contributed by atoms with E-state index in [9.17, 15) is 9.59 Å². The van der Waals surface area contributed by atoms with Crippen molar-refractivity contribution in [3.63, 3.8) is 0 Å². The third kappa shape index (κ3) is 5.56. The molecule has 43 heavy (non-hydrogen) atoms. The number of amides is 1. The molecule has 1 aromatic heterocycles.